The van der Waals surface area contributed by atoms with Crippen molar-refractivity contribution in [2.24, 2.45) is 0 Å². The standard InChI is InChI=1S/C19H17NO5/c1-2-11-24-13-7-9-14(10-8-13)25-17(21)12-20-18(22)15-5-3-4-6-16(15)19(20)23/h3-10H,2,11-12H2,1H3. The maximum atomic E-state index is 12.2. The van der Waals surface area contributed by atoms with E-state index in [4.69, 9.17) is 9.47 Å². The zero-order chi connectivity index (χ0) is 17.8. The van der Waals surface area contributed by atoms with Crippen LogP contribution in [0.25, 0.3) is 0 Å². The highest BCUT2D eigenvalue weighted by atomic mass is 16.5. The molecule has 2 amide bonds. The Morgan fingerprint density at radius 3 is 2.04 bits per heavy atom. The fourth-order valence-corrected chi connectivity index (χ4v) is 2.50. The molecule has 6 nitrogen and oxygen atoms in total. The minimum Gasteiger partial charge on any atom is -0.494 e. The van der Waals surface area contributed by atoms with Gasteiger partial charge in [-0.25, -0.2) is 4.79 Å². The van der Waals surface area contributed by atoms with E-state index >= 15 is 0 Å². The first kappa shape index (κ1) is 16.7. The molecule has 0 spiro atoms. The summed E-state index contributed by atoms with van der Waals surface area (Å²) in [6.07, 6.45) is 0.900. The van der Waals surface area contributed by atoms with Crippen LogP contribution in [0.1, 0.15) is 34.1 Å². The number of carbonyl (C=O) groups excluding carboxylic acids is 3. The lowest BCUT2D eigenvalue weighted by Gasteiger charge is -2.13. The van der Waals surface area contributed by atoms with Gasteiger partial charge in [0, 0.05) is 0 Å². The van der Waals surface area contributed by atoms with Crippen LogP contribution in [-0.2, 0) is 4.79 Å². The smallest absolute Gasteiger partial charge is 0.331 e. The van der Waals surface area contributed by atoms with Gasteiger partial charge < -0.3 is 9.47 Å². The number of esters is 1. The Labute approximate surface area is 145 Å². The minimum absolute atomic E-state index is 0.303. The number of rotatable bonds is 6. The number of carbonyl (C=O) groups is 3. The fraction of sp³-hybridized carbons (Fsp3) is 0.211. The predicted octanol–water partition coefficient (Wildman–Crippen LogP) is 2.68. The van der Waals surface area contributed by atoms with Gasteiger partial charge in [-0.15, -0.1) is 0 Å². The second-order valence-electron chi connectivity index (χ2n) is 5.54. The normalized spacial score (nSPS) is 12.9. The van der Waals surface area contributed by atoms with E-state index in [1.807, 2.05) is 6.92 Å². The van der Waals surface area contributed by atoms with Gasteiger partial charge in [-0.2, -0.15) is 0 Å². The summed E-state index contributed by atoms with van der Waals surface area (Å²) >= 11 is 0. The second kappa shape index (κ2) is 7.17. The zero-order valence-corrected chi connectivity index (χ0v) is 13.7. The second-order valence-corrected chi connectivity index (χ2v) is 5.54. The molecule has 0 radical (unpaired) electrons. The number of benzene rings is 2. The quantitative estimate of drug-likeness (QED) is 0.460. The van der Waals surface area contributed by atoms with Crippen molar-refractivity contribution in [2.75, 3.05) is 13.2 Å². The summed E-state index contributed by atoms with van der Waals surface area (Å²) in [5.41, 5.74) is 0.607. The van der Waals surface area contributed by atoms with Gasteiger partial charge in [0.25, 0.3) is 11.8 Å². The Bertz CT molecular complexity index is 778. The summed E-state index contributed by atoms with van der Waals surface area (Å²) in [6.45, 7) is 2.19. The van der Waals surface area contributed by atoms with E-state index in [1.54, 1.807) is 48.5 Å². The monoisotopic (exact) mass is 339 g/mol. The molecule has 2 aromatic carbocycles. The van der Waals surface area contributed by atoms with Crippen LogP contribution in [0.3, 0.4) is 0 Å². The Kier molecular flexibility index (Phi) is 4.79. The van der Waals surface area contributed by atoms with Crippen LogP contribution in [0.15, 0.2) is 48.5 Å². The zero-order valence-electron chi connectivity index (χ0n) is 13.7. The van der Waals surface area contributed by atoms with Gasteiger partial charge in [-0.1, -0.05) is 19.1 Å². The molecule has 0 fully saturated rings. The van der Waals surface area contributed by atoms with Crippen LogP contribution in [0, 0.1) is 0 Å². The highest BCUT2D eigenvalue weighted by Gasteiger charge is 2.36. The topological polar surface area (TPSA) is 72.9 Å². The van der Waals surface area contributed by atoms with Gasteiger partial charge in [0.1, 0.15) is 18.0 Å². The van der Waals surface area contributed by atoms with Crippen molar-refractivity contribution in [3.8, 4) is 11.5 Å². The van der Waals surface area contributed by atoms with Gasteiger partial charge in [0.2, 0.25) is 0 Å². The molecule has 0 N–H and O–H groups in total. The van der Waals surface area contributed by atoms with Gasteiger partial charge in [0.15, 0.2) is 0 Å². The van der Waals surface area contributed by atoms with E-state index in [0.29, 0.717) is 29.2 Å². The summed E-state index contributed by atoms with van der Waals surface area (Å²) in [6, 6.07) is 13.1. The Hall–Kier alpha value is -3.15. The lowest BCUT2D eigenvalue weighted by atomic mass is 10.1. The number of hydrogen-bond acceptors (Lipinski definition) is 5. The van der Waals surface area contributed by atoms with Gasteiger partial charge in [-0.05, 0) is 42.8 Å². The lowest BCUT2D eigenvalue weighted by Crippen LogP contribution is -2.36. The Morgan fingerprint density at radius 2 is 1.48 bits per heavy atom. The summed E-state index contributed by atoms with van der Waals surface area (Å²) < 4.78 is 10.6. The average molecular weight is 339 g/mol. The van der Waals surface area contributed by atoms with Crippen molar-refractivity contribution in [1.29, 1.82) is 0 Å². The third kappa shape index (κ3) is 3.52. The lowest BCUT2D eigenvalue weighted by molar-refractivity contribution is -0.134. The van der Waals surface area contributed by atoms with Crippen LogP contribution in [-0.4, -0.2) is 35.8 Å². The summed E-state index contributed by atoms with van der Waals surface area (Å²) in [4.78, 5) is 37.4. The molecule has 1 aliphatic heterocycles. The first-order valence-corrected chi connectivity index (χ1v) is 7.99. The fourth-order valence-electron chi connectivity index (χ4n) is 2.50. The molecule has 0 aliphatic carbocycles. The Morgan fingerprint density at radius 1 is 0.920 bits per heavy atom. The van der Waals surface area contributed by atoms with Crippen LogP contribution in [0.4, 0.5) is 0 Å². The number of nitrogens with zero attached hydrogens (tertiary/aromatic N) is 1. The molecular weight excluding hydrogens is 322 g/mol. The highest BCUT2D eigenvalue weighted by Crippen LogP contribution is 2.23. The maximum Gasteiger partial charge on any atom is 0.331 e. The molecular formula is C19H17NO5. The number of fused-ring (bicyclic) bond motifs is 1. The molecule has 0 aromatic heterocycles. The molecule has 3 rings (SSSR count). The molecule has 0 atom stereocenters. The summed E-state index contributed by atoms with van der Waals surface area (Å²) in [5, 5.41) is 0. The highest BCUT2D eigenvalue weighted by molar-refractivity contribution is 6.22. The molecule has 0 saturated carbocycles. The molecule has 0 saturated heterocycles. The van der Waals surface area contributed by atoms with E-state index in [1.165, 1.54) is 0 Å². The third-order valence-corrected chi connectivity index (χ3v) is 3.69. The third-order valence-electron chi connectivity index (χ3n) is 3.69. The van der Waals surface area contributed by atoms with Crippen LogP contribution in [0.2, 0.25) is 0 Å². The number of amides is 2. The summed E-state index contributed by atoms with van der Waals surface area (Å²) in [5.74, 6) is -0.647. The summed E-state index contributed by atoms with van der Waals surface area (Å²) in [7, 11) is 0. The van der Waals surface area contributed by atoms with E-state index in [9.17, 15) is 14.4 Å². The van der Waals surface area contributed by atoms with E-state index in [0.717, 1.165) is 11.3 Å². The van der Waals surface area contributed by atoms with Crippen LogP contribution in [0.5, 0.6) is 11.5 Å². The van der Waals surface area contributed by atoms with Crippen molar-refractivity contribution in [3.05, 3.63) is 59.7 Å². The molecule has 128 valence electrons. The predicted molar refractivity (Wildman–Crippen MR) is 89.7 cm³/mol. The molecule has 6 heteroatoms. The van der Waals surface area contributed by atoms with Crippen molar-refractivity contribution in [1.82, 2.24) is 4.90 Å². The van der Waals surface area contributed by atoms with Crippen LogP contribution >= 0.6 is 0 Å². The van der Waals surface area contributed by atoms with Gasteiger partial charge in [0.05, 0.1) is 17.7 Å². The van der Waals surface area contributed by atoms with Crippen molar-refractivity contribution in [3.63, 3.8) is 0 Å². The SMILES string of the molecule is CCCOc1ccc(OC(=O)CN2C(=O)c3ccccc3C2=O)cc1. The largest absolute Gasteiger partial charge is 0.494 e. The van der Waals surface area contributed by atoms with Crippen LogP contribution < -0.4 is 9.47 Å². The van der Waals surface area contributed by atoms with Gasteiger partial charge in [-0.3, -0.25) is 14.5 Å². The molecule has 0 bridgehead atoms. The number of ether oxygens (including phenoxy) is 2. The first-order chi connectivity index (χ1) is 12.1. The van der Waals surface area contributed by atoms with Crippen molar-refractivity contribution < 1.29 is 23.9 Å². The number of hydrogen-bond donors (Lipinski definition) is 0. The molecule has 1 heterocycles. The van der Waals surface area contributed by atoms with Crippen molar-refractivity contribution >= 4 is 17.8 Å². The van der Waals surface area contributed by atoms with Gasteiger partial charge >= 0.3 is 5.97 Å². The van der Waals surface area contributed by atoms with E-state index in [-0.39, 0.29) is 0 Å². The van der Waals surface area contributed by atoms with E-state index < -0.39 is 24.3 Å². The molecule has 25 heavy (non-hydrogen) atoms. The molecule has 2 aromatic rings. The number of imide groups is 1. The Balaban J connectivity index is 1.62. The van der Waals surface area contributed by atoms with Crippen molar-refractivity contribution in [2.45, 2.75) is 13.3 Å². The molecule has 0 unspecified atom stereocenters. The molecule has 1 aliphatic rings. The maximum absolute atomic E-state index is 12.2. The van der Waals surface area contributed by atoms with E-state index in [2.05, 4.69) is 0 Å². The minimum atomic E-state index is -0.684. The average Bonchev–Trinajstić information content (AvgIpc) is 2.86. The first-order valence-electron chi connectivity index (χ1n) is 7.99.